The Morgan fingerprint density at radius 1 is 1.35 bits per heavy atom. The molecule has 1 aromatic carbocycles. The lowest BCUT2D eigenvalue weighted by atomic mass is 10.2. The summed E-state index contributed by atoms with van der Waals surface area (Å²) in [5.41, 5.74) is 2.39. The topological polar surface area (TPSA) is 29.9 Å². The Morgan fingerprint density at radius 3 is 2.82 bits per heavy atom. The molecule has 0 amide bonds. The molecule has 2 rings (SSSR count). The van der Waals surface area contributed by atoms with Gasteiger partial charge >= 0.3 is 0 Å². The van der Waals surface area contributed by atoms with Crippen LogP contribution in [0.25, 0.3) is 0 Å². The second kappa shape index (κ2) is 5.36. The highest BCUT2D eigenvalue weighted by molar-refractivity contribution is 9.10. The summed E-state index contributed by atoms with van der Waals surface area (Å²) < 4.78 is 3.24. The van der Waals surface area contributed by atoms with Gasteiger partial charge in [-0.05, 0) is 47.5 Å². The number of nitrogens with one attached hydrogen (secondary N) is 1. The first-order valence-corrected chi connectivity index (χ1v) is 6.44. The van der Waals surface area contributed by atoms with Crippen molar-refractivity contribution >= 4 is 21.6 Å². The van der Waals surface area contributed by atoms with Gasteiger partial charge in [0, 0.05) is 35.6 Å². The highest BCUT2D eigenvalue weighted by Gasteiger charge is 2.00. The number of hydrogen-bond donors (Lipinski definition) is 1. The van der Waals surface area contributed by atoms with Gasteiger partial charge in [0.1, 0.15) is 5.82 Å². The highest BCUT2D eigenvalue weighted by Crippen LogP contribution is 2.23. The normalized spacial score (nSPS) is 10.5. The number of rotatable bonds is 4. The third-order valence-electron chi connectivity index (χ3n) is 2.72. The predicted octanol–water partition coefficient (Wildman–Crippen LogP) is 3.37. The van der Waals surface area contributed by atoms with Crippen molar-refractivity contribution in [2.75, 3.05) is 11.9 Å². The number of aryl methyl sites for hydroxylation is 2. The molecule has 17 heavy (non-hydrogen) atoms. The molecule has 3 nitrogen and oxygen atoms in total. The molecular formula is C13H16BrN3. The quantitative estimate of drug-likeness (QED) is 0.937. The first-order valence-electron chi connectivity index (χ1n) is 5.64. The van der Waals surface area contributed by atoms with Gasteiger partial charge in [-0.2, -0.15) is 0 Å². The zero-order valence-corrected chi connectivity index (χ0v) is 11.7. The molecule has 0 saturated heterocycles. The molecule has 1 heterocycles. The minimum absolute atomic E-state index is 0.888. The largest absolute Gasteiger partial charge is 0.382 e. The average Bonchev–Trinajstić information content (AvgIpc) is 2.68. The standard InChI is InChI=1S/C13H16BrN3/c1-10-3-4-13(12(14)9-10)16-6-8-17-7-5-15-11(17)2/h3-5,7,9,16H,6,8H2,1-2H3. The summed E-state index contributed by atoms with van der Waals surface area (Å²) in [6.07, 6.45) is 3.83. The van der Waals surface area contributed by atoms with Crippen LogP contribution in [0.2, 0.25) is 0 Å². The number of anilines is 1. The fourth-order valence-electron chi connectivity index (χ4n) is 1.71. The minimum atomic E-state index is 0.888. The lowest BCUT2D eigenvalue weighted by Crippen LogP contribution is -2.11. The van der Waals surface area contributed by atoms with E-state index in [1.165, 1.54) is 5.56 Å². The number of nitrogens with zero attached hydrogens (tertiary/aromatic N) is 2. The maximum atomic E-state index is 4.20. The van der Waals surface area contributed by atoms with E-state index in [4.69, 9.17) is 0 Å². The molecule has 0 spiro atoms. The molecule has 0 aliphatic carbocycles. The summed E-state index contributed by atoms with van der Waals surface area (Å²) in [5, 5.41) is 3.41. The molecule has 0 fully saturated rings. The van der Waals surface area contributed by atoms with Gasteiger partial charge in [0.2, 0.25) is 0 Å². The van der Waals surface area contributed by atoms with Crippen LogP contribution in [0.4, 0.5) is 5.69 Å². The number of hydrogen-bond acceptors (Lipinski definition) is 2. The summed E-state index contributed by atoms with van der Waals surface area (Å²) in [6, 6.07) is 6.32. The van der Waals surface area contributed by atoms with Crippen LogP contribution >= 0.6 is 15.9 Å². The van der Waals surface area contributed by atoms with Crippen LogP contribution in [0.15, 0.2) is 35.1 Å². The zero-order valence-electron chi connectivity index (χ0n) is 10.1. The molecule has 0 unspecified atom stereocenters. The van der Waals surface area contributed by atoms with Crippen molar-refractivity contribution in [3.8, 4) is 0 Å². The van der Waals surface area contributed by atoms with Crippen LogP contribution in [0.5, 0.6) is 0 Å². The van der Waals surface area contributed by atoms with Crippen molar-refractivity contribution in [2.45, 2.75) is 20.4 Å². The van der Waals surface area contributed by atoms with Crippen molar-refractivity contribution in [3.05, 3.63) is 46.5 Å². The SMILES string of the molecule is Cc1ccc(NCCn2ccnc2C)c(Br)c1. The van der Waals surface area contributed by atoms with Gasteiger partial charge in [-0.15, -0.1) is 0 Å². The van der Waals surface area contributed by atoms with Gasteiger partial charge in [0.05, 0.1) is 0 Å². The molecule has 0 bridgehead atoms. The molecule has 0 aliphatic rings. The molecule has 2 aromatic rings. The van der Waals surface area contributed by atoms with Crippen molar-refractivity contribution in [1.82, 2.24) is 9.55 Å². The summed E-state index contributed by atoms with van der Waals surface area (Å²) >= 11 is 3.56. The Balaban J connectivity index is 1.92. The molecule has 1 N–H and O–H groups in total. The number of imidazole rings is 1. The zero-order chi connectivity index (χ0) is 12.3. The second-order valence-corrected chi connectivity index (χ2v) is 4.93. The molecule has 4 heteroatoms. The van der Waals surface area contributed by atoms with E-state index < -0.39 is 0 Å². The number of benzene rings is 1. The van der Waals surface area contributed by atoms with Gasteiger partial charge < -0.3 is 9.88 Å². The summed E-state index contributed by atoms with van der Waals surface area (Å²) in [7, 11) is 0. The maximum absolute atomic E-state index is 4.20. The van der Waals surface area contributed by atoms with Gasteiger partial charge in [0.25, 0.3) is 0 Å². The van der Waals surface area contributed by atoms with Gasteiger partial charge in [0.15, 0.2) is 0 Å². The molecule has 1 aromatic heterocycles. The second-order valence-electron chi connectivity index (χ2n) is 4.08. The monoisotopic (exact) mass is 293 g/mol. The fraction of sp³-hybridized carbons (Fsp3) is 0.308. The van der Waals surface area contributed by atoms with E-state index in [1.54, 1.807) is 0 Å². The third-order valence-corrected chi connectivity index (χ3v) is 3.37. The summed E-state index contributed by atoms with van der Waals surface area (Å²) in [5.74, 6) is 1.05. The van der Waals surface area contributed by atoms with E-state index in [2.05, 4.69) is 55.9 Å². The highest BCUT2D eigenvalue weighted by atomic mass is 79.9. The lowest BCUT2D eigenvalue weighted by Gasteiger charge is -2.10. The van der Waals surface area contributed by atoms with Crippen molar-refractivity contribution in [1.29, 1.82) is 0 Å². The van der Waals surface area contributed by atoms with Crippen LogP contribution in [-0.2, 0) is 6.54 Å². The average molecular weight is 294 g/mol. The lowest BCUT2D eigenvalue weighted by molar-refractivity contribution is 0.701. The van der Waals surface area contributed by atoms with Crippen molar-refractivity contribution in [3.63, 3.8) is 0 Å². The van der Waals surface area contributed by atoms with Crippen LogP contribution in [0.3, 0.4) is 0 Å². The van der Waals surface area contributed by atoms with Crippen molar-refractivity contribution in [2.24, 2.45) is 0 Å². The van der Waals surface area contributed by atoms with E-state index >= 15 is 0 Å². The molecule has 0 radical (unpaired) electrons. The van der Waals surface area contributed by atoms with E-state index in [0.717, 1.165) is 29.1 Å². The van der Waals surface area contributed by atoms with Crippen LogP contribution in [0, 0.1) is 13.8 Å². The van der Waals surface area contributed by atoms with Crippen molar-refractivity contribution < 1.29 is 0 Å². The Bertz CT molecular complexity index is 505. The number of halogens is 1. The molecule has 90 valence electrons. The maximum Gasteiger partial charge on any atom is 0.105 e. The van der Waals surface area contributed by atoms with E-state index in [9.17, 15) is 0 Å². The first-order chi connectivity index (χ1) is 8.16. The third kappa shape index (κ3) is 3.09. The Kier molecular flexibility index (Phi) is 3.84. The fourth-order valence-corrected chi connectivity index (χ4v) is 2.35. The van der Waals surface area contributed by atoms with Crippen LogP contribution < -0.4 is 5.32 Å². The number of aromatic nitrogens is 2. The molecule has 0 saturated carbocycles. The Morgan fingerprint density at radius 2 is 2.18 bits per heavy atom. The van der Waals surface area contributed by atoms with E-state index in [-0.39, 0.29) is 0 Å². The minimum Gasteiger partial charge on any atom is -0.382 e. The van der Waals surface area contributed by atoms with Gasteiger partial charge in [-0.25, -0.2) is 4.98 Å². The molecular weight excluding hydrogens is 278 g/mol. The molecule has 0 aliphatic heterocycles. The Hall–Kier alpha value is -1.29. The smallest absolute Gasteiger partial charge is 0.105 e. The molecule has 0 atom stereocenters. The summed E-state index contributed by atoms with van der Waals surface area (Å²) in [4.78, 5) is 4.20. The van der Waals surface area contributed by atoms with E-state index in [0.29, 0.717) is 0 Å². The predicted molar refractivity (Wildman–Crippen MR) is 74.3 cm³/mol. The van der Waals surface area contributed by atoms with Gasteiger partial charge in [-0.1, -0.05) is 6.07 Å². The summed E-state index contributed by atoms with van der Waals surface area (Å²) in [6.45, 7) is 5.91. The Labute approximate surface area is 110 Å². The first kappa shape index (κ1) is 12.2. The van der Waals surface area contributed by atoms with Crippen LogP contribution in [-0.4, -0.2) is 16.1 Å². The van der Waals surface area contributed by atoms with E-state index in [1.807, 2.05) is 19.3 Å². The van der Waals surface area contributed by atoms with Gasteiger partial charge in [-0.3, -0.25) is 0 Å². The van der Waals surface area contributed by atoms with Crippen LogP contribution in [0.1, 0.15) is 11.4 Å².